The van der Waals surface area contributed by atoms with Crippen molar-refractivity contribution < 1.29 is 0 Å². The first kappa shape index (κ1) is 12.2. The number of hydrogen-bond donors (Lipinski definition) is 1. The van der Waals surface area contributed by atoms with Crippen LogP contribution in [-0.2, 0) is 7.05 Å². The first-order valence-electron chi connectivity index (χ1n) is 7.59. The van der Waals surface area contributed by atoms with Gasteiger partial charge < -0.3 is 5.32 Å². The minimum atomic E-state index is 0.683. The summed E-state index contributed by atoms with van der Waals surface area (Å²) in [5.74, 6) is 1.47. The maximum atomic E-state index is 4.56. The van der Waals surface area contributed by atoms with Crippen LogP contribution >= 0.6 is 0 Å². The van der Waals surface area contributed by atoms with Crippen LogP contribution in [0.5, 0.6) is 0 Å². The van der Waals surface area contributed by atoms with Gasteiger partial charge in [0, 0.05) is 25.2 Å². The van der Waals surface area contributed by atoms with E-state index >= 15 is 0 Å². The second-order valence-electron chi connectivity index (χ2n) is 5.99. The summed E-state index contributed by atoms with van der Waals surface area (Å²) in [6.07, 6.45) is 11.8. The van der Waals surface area contributed by atoms with E-state index in [1.54, 1.807) is 5.56 Å². The van der Waals surface area contributed by atoms with Crippen molar-refractivity contribution in [2.75, 3.05) is 13.1 Å². The lowest BCUT2D eigenvalue weighted by Crippen LogP contribution is -2.30. The molecule has 2 fully saturated rings. The third kappa shape index (κ3) is 2.33. The predicted octanol–water partition coefficient (Wildman–Crippen LogP) is 2.93. The molecule has 3 heteroatoms. The third-order valence-corrected chi connectivity index (χ3v) is 4.74. The van der Waals surface area contributed by atoms with E-state index in [0.717, 1.165) is 12.5 Å². The van der Waals surface area contributed by atoms with Gasteiger partial charge in [-0.15, -0.1) is 0 Å². The van der Waals surface area contributed by atoms with Gasteiger partial charge in [-0.1, -0.05) is 19.3 Å². The summed E-state index contributed by atoms with van der Waals surface area (Å²) in [5, 5.41) is 8.10. The van der Waals surface area contributed by atoms with Gasteiger partial charge in [0.25, 0.3) is 0 Å². The molecule has 2 heterocycles. The van der Waals surface area contributed by atoms with Crippen LogP contribution in [0.15, 0.2) is 6.20 Å². The summed E-state index contributed by atoms with van der Waals surface area (Å²) in [7, 11) is 2.12. The van der Waals surface area contributed by atoms with Crippen molar-refractivity contribution in [2.24, 2.45) is 7.05 Å². The first-order chi connectivity index (χ1) is 8.86. The average Bonchev–Trinajstić information content (AvgIpc) is 2.83. The maximum Gasteiger partial charge on any atom is 0.0527 e. The van der Waals surface area contributed by atoms with Gasteiger partial charge in [-0.25, -0.2) is 0 Å². The predicted molar refractivity (Wildman–Crippen MR) is 73.9 cm³/mol. The Labute approximate surface area is 110 Å². The highest BCUT2D eigenvalue weighted by molar-refractivity contribution is 5.27. The highest BCUT2D eigenvalue weighted by atomic mass is 15.3. The Balaban J connectivity index is 1.85. The van der Waals surface area contributed by atoms with E-state index in [0.29, 0.717) is 5.92 Å². The largest absolute Gasteiger partial charge is 0.316 e. The van der Waals surface area contributed by atoms with Gasteiger partial charge in [-0.05, 0) is 43.7 Å². The van der Waals surface area contributed by atoms with Crippen LogP contribution in [-0.4, -0.2) is 22.9 Å². The highest BCUT2D eigenvalue weighted by Crippen LogP contribution is 2.37. The van der Waals surface area contributed by atoms with Crippen molar-refractivity contribution in [3.63, 3.8) is 0 Å². The fraction of sp³-hybridized carbons (Fsp3) is 0.800. The molecular formula is C15H25N3. The van der Waals surface area contributed by atoms with E-state index in [9.17, 15) is 0 Å². The molecule has 1 saturated heterocycles. The molecular weight excluding hydrogens is 222 g/mol. The van der Waals surface area contributed by atoms with E-state index in [1.165, 1.54) is 57.2 Å². The van der Waals surface area contributed by atoms with Crippen LogP contribution in [0.1, 0.15) is 68.0 Å². The molecule has 1 unspecified atom stereocenters. The highest BCUT2D eigenvalue weighted by Gasteiger charge is 2.26. The van der Waals surface area contributed by atoms with Gasteiger partial charge in [-0.3, -0.25) is 4.68 Å². The number of nitrogens with zero attached hydrogens (tertiary/aromatic N) is 2. The van der Waals surface area contributed by atoms with E-state index < -0.39 is 0 Å². The van der Waals surface area contributed by atoms with Gasteiger partial charge in [0.1, 0.15) is 0 Å². The molecule has 1 aromatic heterocycles. The molecule has 1 aromatic rings. The second-order valence-corrected chi connectivity index (χ2v) is 5.99. The maximum absolute atomic E-state index is 4.56. The first-order valence-corrected chi connectivity index (χ1v) is 7.59. The summed E-state index contributed by atoms with van der Waals surface area (Å²) in [4.78, 5) is 0. The van der Waals surface area contributed by atoms with E-state index in [4.69, 9.17) is 0 Å². The van der Waals surface area contributed by atoms with Crippen molar-refractivity contribution in [1.29, 1.82) is 0 Å². The zero-order chi connectivity index (χ0) is 12.4. The normalized spacial score (nSPS) is 26.4. The number of nitrogens with one attached hydrogen (secondary N) is 1. The molecule has 0 bridgehead atoms. The molecule has 0 radical (unpaired) electrons. The quantitative estimate of drug-likeness (QED) is 0.871. The van der Waals surface area contributed by atoms with Gasteiger partial charge in [-0.2, -0.15) is 5.10 Å². The molecule has 1 atom stereocenters. The average molecular weight is 247 g/mol. The standard InChI is InChI=1S/C15H25N3/c1-18-15(13-8-5-9-16-10-13)14(11-17-18)12-6-3-2-4-7-12/h11-13,16H,2-10H2,1H3. The molecule has 1 aliphatic heterocycles. The van der Waals surface area contributed by atoms with Crippen LogP contribution in [0.3, 0.4) is 0 Å². The molecule has 100 valence electrons. The zero-order valence-electron chi connectivity index (χ0n) is 11.5. The van der Waals surface area contributed by atoms with Crippen molar-refractivity contribution in [3.8, 4) is 0 Å². The Morgan fingerprint density at radius 1 is 1.11 bits per heavy atom. The Hall–Kier alpha value is -0.830. The lowest BCUT2D eigenvalue weighted by Gasteiger charge is -2.27. The molecule has 3 nitrogen and oxygen atoms in total. The zero-order valence-corrected chi connectivity index (χ0v) is 11.5. The van der Waals surface area contributed by atoms with Crippen molar-refractivity contribution in [1.82, 2.24) is 15.1 Å². The van der Waals surface area contributed by atoms with Gasteiger partial charge in [0.05, 0.1) is 6.20 Å². The Morgan fingerprint density at radius 2 is 1.89 bits per heavy atom. The summed E-state index contributed by atoms with van der Waals surface area (Å²) in [5.41, 5.74) is 3.08. The Morgan fingerprint density at radius 3 is 2.61 bits per heavy atom. The van der Waals surface area contributed by atoms with Crippen molar-refractivity contribution in [2.45, 2.75) is 56.8 Å². The Kier molecular flexibility index (Phi) is 3.69. The fourth-order valence-electron chi connectivity index (χ4n) is 3.78. The number of hydrogen-bond acceptors (Lipinski definition) is 2. The Bertz CT molecular complexity index is 384. The smallest absolute Gasteiger partial charge is 0.0527 e. The molecule has 1 N–H and O–H groups in total. The number of aryl methyl sites for hydroxylation is 1. The molecule has 0 spiro atoms. The van der Waals surface area contributed by atoms with E-state index in [-0.39, 0.29) is 0 Å². The fourth-order valence-corrected chi connectivity index (χ4v) is 3.78. The van der Waals surface area contributed by atoms with Gasteiger partial charge in [0.2, 0.25) is 0 Å². The monoisotopic (exact) mass is 247 g/mol. The second kappa shape index (κ2) is 5.43. The number of rotatable bonds is 2. The van der Waals surface area contributed by atoms with Crippen LogP contribution in [0, 0.1) is 0 Å². The van der Waals surface area contributed by atoms with E-state index in [1.807, 2.05) is 0 Å². The van der Waals surface area contributed by atoms with Crippen LogP contribution in [0.25, 0.3) is 0 Å². The molecule has 0 amide bonds. The minimum absolute atomic E-state index is 0.683. The van der Waals surface area contributed by atoms with Crippen molar-refractivity contribution >= 4 is 0 Å². The van der Waals surface area contributed by atoms with E-state index in [2.05, 4.69) is 28.3 Å². The molecule has 2 aliphatic rings. The lowest BCUT2D eigenvalue weighted by atomic mass is 9.81. The molecule has 0 aromatic carbocycles. The number of piperidine rings is 1. The molecule has 3 rings (SSSR count). The third-order valence-electron chi connectivity index (χ3n) is 4.74. The topological polar surface area (TPSA) is 29.9 Å². The summed E-state index contributed by atoms with van der Waals surface area (Å²) in [6.45, 7) is 2.33. The van der Waals surface area contributed by atoms with Crippen LogP contribution in [0.4, 0.5) is 0 Å². The number of aromatic nitrogens is 2. The SMILES string of the molecule is Cn1ncc(C2CCCCC2)c1C1CCCNC1. The molecule has 18 heavy (non-hydrogen) atoms. The summed E-state index contributed by atoms with van der Waals surface area (Å²) < 4.78 is 2.14. The summed E-state index contributed by atoms with van der Waals surface area (Å²) >= 11 is 0. The van der Waals surface area contributed by atoms with Gasteiger partial charge in [0.15, 0.2) is 0 Å². The minimum Gasteiger partial charge on any atom is -0.316 e. The summed E-state index contributed by atoms with van der Waals surface area (Å²) in [6, 6.07) is 0. The molecule has 1 saturated carbocycles. The van der Waals surface area contributed by atoms with Gasteiger partial charge >= 0.3 is 0 Å². The van der Waals surface area contributed by atoms with Crippen LogP contribution < -0.4 is 5.32 Å². The molecule has 1 aliphatic carbocycles. The lowest BCUT2D eigenvalue weighted by molar-refractivity contribution is 0.417. The van der Waals surface area contributed by atoms with Crippen LogP contribution in [0.2, 0.25) is 0 Å². The van der Waals surface area contributed by atoms with Crippen molar-refractivity contribution in [3.05, 3.63) is 17.5 Å².